The van der Waals surface area contributed by atoms with Gasteiger partial charge in [0.25, 0.3) is 0 Å². The quantitative estimate of drug-likeness (QED) is 0.856. The van der Waals surface area contributed by atoms with Gasteiger partial charge in [-0.1, -0.05) is 5.16 Å². The molecule has 0 aliphatic rings. The molecule has 0 bridgehead atoms. The number of nitrogens with zero attached hydrogens (tertiary/aromatic N) is 1. The predicted octanol–water partition coefficient (Wildman–Crippen LogP) is 2.18. The molecule has 0 amide bonds. The summed E-state index contributed by atoms with van der Waals surface area (Å²) in [6, 6.07) is 1.94. The summed E-state index contributed by atoms with van der Waals surface area (Å²) in [6.07, 6.45) is -0.457. The lowest BCUT2D eigenvalue weighted by atomic mass is 10.2. The zero-order valence-electron chi connectivity index (χ0n) is 9.93. The summed E-state index contributed by atoms with van der Waals surface area (Å²) in [5, 5.41) is 20.9. The van der Waals surface area contributed by atoms with Gasteiger partial charge in [0.05, 0.1) is 11.8 Å². The minimum atomic E-state index is -0.457. The molecule has 0 spiro atoms. The van der Waals surface area contributed by atoms with Crippen LogP contribution in [0, 0.1) is 13.8 Å². The molecule has 2 heterocycles. The van der Waals surface area contributed by atoms with E-state index in [4.69, 9.17) is 4.52 Å². The summed E-state index contributed by atoms with van der Waals surface area (Å²) in [5.74, 6) is 0.833. The second kappa shape index (κ2) is 5.44. The average molecular weight is 252 g/mol. The van der Waals surface area contributed by atoms with E-state index in [0.717, 1.165) is 22.6 Å². The summed E-state index contributed by atoms with van der Waals surface area (Å²) in [4.78, 5) is 0. The molecule has 0 radical (unpaired) electrons. The minimum absolute atomic E-state index is 0.457. The standard InChI is InChI=1S/C12H16N2O2S/c1-8-11(9(2)16-14-8)5-13-6-12(15)10-3-4-17-7-10/h3-4,7,12-13,15H,5-6H2,1-2H3. The predicted molar refractivity (Wildman–Crippen MR) is 67.0 cm³/mol. The van der Waals surface area contributed by atoms with Crippen molar-refractivity contribution in [1.82, 2.24) is 10.5 Å². The smallest absolute Gasteiger partial charge is 0.138 e. The van der Waals surface area contributed by atoms with Crippen LogP contribution in [0.3, 0.4) is 0 Å². The van der Waals surface area contributed by atoms with Gasteiger partial charge in [0, 0.05) is 18.7 Å². The normalized spacial score (nSPS) is 12.9. The van der Waals surface area contributed by atoms with Crippen LogP contribution in [0.2, 0.25) is 0 Å². The van der Waals surface area contributed by atoms with Gasteiger partial charge in [0.1, 0.15) is 5.76 Å². The van der Waals surface area contributed by atoms with Gasteiger partial charge in [0.15, 0.2) is 0 Å². The van der Waals surface area contributed by atoms with Crippen molar-refractivity contribution < 1.29 is 9.63 Å². The molecule has 1 unspecified atom stereocenters. The van der Waals surface area contributed by atoms with Crippen molar-refractivity contribution >= 4 is 11.3 Å². The largest absolute Gasteiger partial charge is 0.387 e. The van der Waals surface area contributed by atoms with Gasteiger partial charge in [-0.05, 0) is 36.2 Å². The molecule has 0 saturated heterocycles. The molecule has 92 valence electrons. The topological polar surface area (TPSA) is 58.3 Å². The Balaban J connectivity index is 1.84. The Morgan fingerprint density at radius 3 is 2.94 bits per heavy atom. The number of aliphatic hydroxyl groups is 1. The Kier molecular flexibility index (Phi) is 3.93. The van der Waals surface area contributed by atoms with E-state index in [1.807, 2.05) is 30.7 Å². The van der Waals surface area contributed by atoms with E-state index in [0.29, 0.717) is 13.1 Å². The van der Waals surface area contributed by atoms with Gasteiger partial charge >= 0.3 is 0 Å². The number of hydrogen-bond acceptors (Lipinski definition) is 5. The molecule has 2 rings (SSSR count). The minimum Gasteiger partial charge on any atom is -0.387 e. The highest BCUT2D eigenvalue weighted by molar-refractivity contribution is 7.07. The van der Waals surface area contributed by atoms with E-state index in [9.17, 15) is 5.11 Å². The highest BCUT2D eigenvalue weighted by Gasteiger charge is 2.10. The Labute approximate surface area is 104 Å². The van der Waals surface area contributed by atoms with Crippen LogP contribution in [0.15, 0.2) is 21.3 Å². The summed E-state index contributed by atoms with van der Waals surface area (Å²) < 4.78 is 5.07. The van der Waals surface area contributed by atoms with Gasteiger partial charge in [-0.15, -0.1) is 0 Å². The first-order chi connectivity index (χ1) is 8.18. The zero-order chi connectivity index (χ0) is 12.3. The van der Waals surface area contributed by atoms with Crippen molar-refractivity contribution in [2.45, 2.75) is 26.5 Å². The first-order valence-corrected chi connectivity index (χ1v) is 6.45. The Morgan fingerprint density at radius 1 is 1.53 bits per heavy atom. The van der Waals surface area contributed by atoms with E-state index < -0.39 is 6.10 Å². The van der Waals surface area contributed by atoms with E-state index in [1.165, 1.54) is 0 Å². The molecule has 0 saturated carbocycles. The van der Waals surface area contributed by atoms with Crippen molar-refractivity contribution in [2.24, 2.45) is 0 Å². The summed E-state index contributed by atoms with van der Waals surface area (Å²) >= 11 is 1.59. The Bertz CT molecular complexity index is 445. The molecular weight excluding hydrogens is 236 g/mol. The van der Waals surface area contributed by atoms with E-state index in [2.05, 4.69) is 10.5 Å². The van der Waals surface area contributed by atoms with Crippen LogP contribution in [0.25, 0.3) is 0 Å². The summed E-state index contributed by atoms with van der Waals surface area (Å²) in [6.45, 7) is 5.01. The molecule has 0 aliphatic carbocycles. The second-order valence-electron chi connectivity index (χ2n) is 4.01. The fraction of sp³-hybridized carbons (Fsp3) is 0.417. The molecule has 2 aromatic heterocycles. The van der Waals surface area contributed by atoms with Gasteiger partial charge in [-0.3, -0.25) is 0 Å². The number of aliphatic hydroxyl groups excluding tert-OH is 1. The maximum absolute atomic E-state index is 9.88. The first-order valence-electron chi connectivity index (χ1n) is 5.51. The summed E-state index contributed by atoms with van der Waals surface area (Å²) in [5.41, 5.74) is 2.93. The fourth-order valence-corrected chi connectivity index (χ4v) is 2.38. The Hall–Kier alpha value is -1.17. The highest BCUT2D eigenvalue weighted by atomic mass is 32.1. The van der Waals surface area contributed by atoms with Crippen LogP contribution in [0.5, 0.6) is 0 Å². The molecule has 2 N–H and O–H groups in total. The SMILES string of the molecule is Cc1noc(C)c1CNCC(O)c1ccsc1. The molecule has 0 aliphatic heterocycles. The van der Waals surface area contributed by atoms with Crippen LogP contribution >= 0.6 is 11.3 Å². The number of hydrogen-bond donors (Lipinski definition) is 2. The third-order valence-corrected chi connectivity index (χ3v) is 3.45. The zero-order valence-corrected chi connectivity index (χ0v) is 10.8. The van der Waals surface area contributed by atoms with Gasteiger partial charge in [-0.2, -0.15) is 11.3 Å². The molecule has 5 heteroatoms. The van der Waals surface area contributed by atoms with Crippen LogP contribution in [0.1, 0.15) is 28.7 Å². The molecule has 17 heavy (non-hydrogen) atoms. The van der Waals surface area contributed by atoms with Crippen LogP contribution in [-0.4, -0.2) is 16.8 Å². The number of aryl methyl sites for hydroxylation is 2. The van der Waals surface area contributed by atoms with Crippen LogP contribution in [0.4, 0.5) is 0 Å². The molecular formula is C12H16N2O2S. The lowest BCUT2D eigenvalue weighted by molar-refractivity contribution is 0.174. The van der Waals surface area contributed by atoms with Crippen molar-refractivity contribution in [3.05, 3.63) is 39.4 Å². The monoisotopic (exact) mass is 252 g/mol. The lowest BCUT2D eigenvalue weighted by Gasteiger charge is -2.10. The first kappa shape index (κ1) is 12.3. The average Bonchev–Trinajstić information content (AvgIpc) is 2.93. The molecule has 4 nitrogen and oxygen atoms in total. The second-order valence-corrected chi connectivity index (χ2v) is 4.79. The summed E-state index contributed by atoms with van der Waals surface area (Å²) in [7, 11) is 0. The molecule has 2 aromatic rings. The van der Waals surface area contributed by atoms with Crippen molar-refractivity contribution in [3.8, 4) is 0 Å². The molecule has 0 fully saturated rings. The fourth-order valence-electron chi connectivity index (χ4n) is 1.67. The highest BCUT2D eigenvalue weighted by Crippen LogP contribution is 2.16. The van der Waals surface area contributed by atoms with Crippen molar-refractivity contribution in [2.75, 3.05) is 6.54 Å². The van der Waals surface area contributed by atoms with E-state index in [1.54, 1.807) is 11.3 Å². The lowest BCUT2D eigenvalue weighted by Crippen LogP contribution is -2.21. The number of aromatic nitrogens is 1. The van der Waals surface area contributed by atoms with E-state index >= 15 is 0 Å². The number of rotatable bonds is 5. The van der Waals surface area contributed by atoms with E-state index in [-0.39, 0.29) is 0 Å². The number of thiophene rings is 1. The van der Waals surface area contributed by atoms with Gasteiger partial charge in [0.2, 0.25) is 0 Å². The Morgan fingerprint density at radius 2 is 2.35 bits per heavy atom. The third-order valence-electron chi connectivity index (χ3n) is 2.75. The maximum atomic E-state index is 9.88. The van der Waals surface area contributed by atoms with Gasteiger partial charge in [-0.25, -0.2) is 0 Å². The van der Waals surface area contributed by atoms with Crippen molar-refractivity contribution in [1.29, 1.82) is 0 Å². The molecule has 1 atom stereocenters. The van der Waals surface area contributed by atoms with Crippen molar-refractivity contribution in [3.63, 3.8) is 0 Å². The molecule has 0 aromatic carbocycles. The van der Waals surface area contributed by atoms with Crippen LogP contribution < -0.4 is 5.32 Å². The maximum Gasteiger partial charge on any atom is 0.138 e. The third kappa shape index (κ3) is 2.94. The number of nitrogens with one attached hydrogen (secondary N) is 1. The van der Waals surface area contributed by atoms with Gasteiger partial charge < -0.3 is 14.9 Å². The van der Waals surface area contributed by atoms with Crippen LogP contribution in [-0.2, 0) is 6.54 Å².